The van der Waals surface area contributed by atoms with E-state index < -0.39 is 0 Å². The summed E-state index contributed by atoms with van der Waals surface area (Å²) in [7, 11) is 0. The maximum Gasteiger partial charge on any atom is 0.142 e. The van der Waals surface area contributed by atoms with Gasteiger partial charge in [-0.25, -0.2) is 0 Å². The zero-order valence-electron chi connectivity index (χ0n) is 12.2. The third-order valence-electron chi connectivity index (χ3n) is 4.80. The molecule has 0 bridgehead atoms. The van der Waals surface area contributed by atoms with Gasteiger partial charge in [0.2, 0.25) is 0 Å². The van der Waals surface area contributed by atoms with Gasteiger partial charge in [-0.1, -0.05) is 17.7 Å². The molecule has 0 aromatic heterocycles. The van der Waals surface area contributed by atoms with Crippen LogP contribution in [0.5, 0.6) is 5.75 Å². The molecule has 4 rings (SSSR count). The van der Waals surface area contributed by atoms with Crippen LogP contribution in [-0.2, 0) is 11.8 Å². The van der Waals surface area contributed by atoms with Gasteiger partial charge in [0.1, 0.15) is 5.75 Å². The fraction of sp³-hybridized carbons (Fsp3) is 0.333. The van der Waals surface area contributed by atoms with Gasteiger partial charge in [0.05, 0.1) is 12.3 Å². The summed E-state index contributed by atoms with van der Waals surface area (Å²) in [4.78, 5) is 0. The lowest BCUT2D eigenvalue weighted by Gasteiger charge is -2.37. The molecule has 1 aliphatic carbocycles. The average Bonchev–Trinajstić information content (AvgIpc) is 2.68. The molecule has 2 nitrogen and oxygen atoms in total. The first kappa shape index (κ1) is 14.6. The molecular formula is C18H17ClINO. The van der Waals surface area contributed by atoms with E-state index in [1.807, 2.05) is 6.07 Å². The standard InChI is InChI=1S/C18H17ClINO/c19-13-3-5-15-12(8-13)2-1-7-18(15)10-21-16-9-14(20)4-6-17(16)22-11-18/h3-6,8-9,21H,1-2,7,10-11H2/t18-/m0/s1. The molecule has 1 spiro atoms. The van der Waals surface area contributed by atoms with Crippen molar-refractivity contribution in [2.45, 2.75) is 24.7 Å². The summed E-state index contributed by atoms with van der Waals surface area (Å²) in [5.74, 6) is 0.957. The van der Waals surface area contributed by atoms with Crippen LogP contribution in [0, 0.1) is 3.57 Å². The highest BCUT2D eigenvalue weighted by Crippen LogP contribution is 2.42. The summed E-state index contributed by atoms with van der Waals surface area (Å²) < 4.78 is 7.41. The van der Waals surface area contributed by atoms with E-state index in [1.54, 1.807) is 0 Å². The quantitative estimate of drug-likeness (QED) is 0.598. The largest absolute Gasteiger partial charge is 0.490 e. The number of fused-ring (bicyclic) bond motifs is 3. The highest BCUT2D eigenvalue weighted by atomic mass is 127. The molecule has 4 heteroatoms. The van der Waals surface area contributed by atoms with Crippen LogP contribution in [0.1, 0.15) is 24.0 Å². The van der Waals surface area contributed by atoms with Gasteiger partial charge >= 0.3 is 0 Å². The molecule has 2 aliphatic rings. The van der Waals surface area contributed by atoms with Gasteiger partial charge < -0.3 is 10.1 Å². The first-order valence-corrected chi connectivity index (χ1v) is 9.07. The van der Waals surface area contributed by atoms with Crippen LogP contribution in [0.15, 0.2) is 36.4 Å². The van der Waals surface area contributed by atoms with E-state index in [9.17, 15) is 0 Å². The fourth-order valence-corrected chi connectivity index (χ4v) is 4.36. The number of halogens is 2. The smallest absolute Gasteiger partial charge is 0.142 e. The van der Waals surface area contributed by atoms with Crippen LogP contribution < -0.4 is 10.1 Å². The SMILES string of the molecule is Clc1ccc2c(c1)CCC[C@@]21CNc2cc(I)ccc2OC1. The molecule has 2 aromatic rings. The minimum Gasteiger partial charge on any atom is -0.490 e. The zero-order valence-corrected chi connectivity index (χ0v) is 15.1. The number of anilines is 1. The average molecular weight is 426 g/mol. The number of ether oxygens (including phenoxy) is 1. The number of hydrogen-bond acceptors (Lipinski definition) is 2. The molecule has 2 aromatic carbocycles. The van der Waals surface area contributed by atoms with E-state index in [1.165, 1.54) is 21.1 Å². The fourth-order valence-electron chi connectivity index (χ4n) is 3.67. The van der Waals surface area contributed by atoms with Gasteiger partial charge in [-0.2, -0.15) is 0 Å². The summed E-state index contributed by atoms with van der Waals surface area (Å²) in [6, 6.07) is 12.6. The van der Waals surface area contributed by atoms with E-state index in [2.05, 4.69) is 58.2 Å². The maximum atomic E-state index is 6.19. The molecule has 0 saturated heterocycles. The number of hydrogen-bond donors (Lipinski definition) is 1. The number of rotatable bonds is 0. The Bertz CT molecular complexity index is 733. The van der Waals surface area contributed by atoms with Crippen molar-refractivity contribution in [3.05, 3.63) is 56.1 Å². The van der Waals surface area contributed by atoms with Crippen LogP contribution in [0.2, 0.25) is 5.02 Å². The Morgan fingerprint density at radius 2 is 2.09 bits per heavy atom. The summed E-state index contributed by atoms with van der Waals surface area (Å²) in [5, 5.41) is 4.45. The van der Waals surface area contributed by atoms with Gasteiger partial charge in [0.25, 0.3) is 0 Å². The van der Waals surface area contributed by atoms with E-state index in [0.29, 0.717) is 0 Å². The summed E-state index contributed by atoms with van der Waals surface area (Å²) in [5.41, 5.74) is 3.93. The molecule has 114 valence electrons. The molecule has 0 saturated carbocycles. The van der Waals surface area contributed by atoms with E-state index in [0.717, 1.165) is 42.5 Å². The molecule has 22 heavy (non-hydrogen) atoms. The second-order valence-electron chi connectivity index (χ2n) is 6.22. The Labute approximate surface area is 149 Å². The second kappa shape index (κ2) is 5.60. The van der Waals surface area contributed by atoms with Gasteiger partial charge in [-0.05, 0) is 83.3 Å². The van der Waals surface area contributed by atoms with Crippen LogP contribution in [0.25, 0.3) is 0 Å². The number of benzene rings is 2. The Morgan fingerprint density at radius 3 is 3.00 bits per heavy atom. The van der Waals surface area contributed by atoms with Crippen LogP contribution in [0.3, 0.4) is 0 Å². The molecule has 1 heterocycles. The first-order valence-electron chi connectivity index (χ1n) is 7.61. The third-order valence-corrected chi connectivity index (χ3v) is 5.71. The molecule has 1 atom stereocenters. The Hall–Kier alpha value is -0.940. The van der Waals surface area contributed by atoms with Crippen molar-refractivity contribution >= 4 is 39.9 Å². The second-order valence-corrected chi connectivity index (χ2v) is 7.90. The van der Waals surface area contributed by atoms with Crippen molar-refractivity contribution in [2.24, 2.45) is 0 Å². The summed E-state index contributed by atoms with van der Waals surface area (Å²) >= 11 is 8.52. The molecule has 1 N–H and O–H groups in total. The molecular weight excluding hydrogens is 409 g/mol. The van der Waals surface area contributed by atoms with Crippen molar-refractivity contribution in [1.29, 1.82) is 0 Å². The molecule has 0 unspecified atom stereocenters. The van der Waals surface area contributed by atoms with Gasteiger partial charge in [0, 0.05) is 20.6 Å². The summed E-state index contributed by atoms with van der Waals surface area (Å²) in [6.45, 7) is 1.64. The molecule has 0 radical (unpaired) electrons. The minimum absolute atomic E-state index is 0.0443. The Kier molecular flexibility index (Phi) is 3.73. The molecule has 1 aliphatic heterocycles. The topological polar surface area (TPSA) is 21.3 Å². The Morgan fingerprint density at radius 1 is 1.18 bits per heavy atom. The normalized spacial score (nSPS) is 23.0. The third kappa shape index (κ3) is 2.48. The minimum atomic E-state index is 0.0443. The van der Waals surface area contributed by atoms with Gasteiger partial charge in [0.15, 0.2) is 0 Å². The highest BCUT2D eigenvalue weighted by Gasteiger charge is 2.39. The lowest BCUT2D eigenvalue weighted by atomic mass is 9.70. The van der Waals surface area contributed by atoms with E-state index >= 15 is 0 Å². The monoisotopic (exact) mass is 425 g/mol. The maximum absolute atomic E-state index is 6.19. The van der Waals surface area contributed by atoms with Gasteiger partial charge in [-0.15, -0.1) is 0 Å². The van der Waals surface area contributed by atoms with Gasteiger partial charge in [-0.3, -0.25) is 0 Å². The number of nitrogens with one attached hydrogen (secondary N) is 1. The number of aryl methyl sites for hydroxylation is 1. The van der Waals surface area contributed by atoms with E-state index in [4.69, 9.17) is 16.3 Å². The van der Waals surface area contributed by atoms with Crippen molar-refractivity contribution in [1.82, 2.24) is 0 Å². The highest BCUT2D eigenvalue weighted by molar-refractivity contribution is 14.1. The lowest BCUT2D eigenvalue weighted by Crippen LogP contribution is -2.41. The summed E-state index contributed by atoms with van der Waals surface area (Å²) in [6.07, 6.45) is 3.45. The van der Waals surface area contributed by atoms with Crippen LogP contribution in [0.4, 0.5) is 5.69 Å². The van der Waals surface area contributed by atoms with Crippen LogP contribution in [-0.4, -0.2) is 13.2 Å². The van der Waals surface area contributed by atoms with Crippen molar-refractivity contribution in [2.75, 3.05) is 18.5 Å². The zero-order chi connectivity index (χ0) is 15.2. The van der Waals surface area contributed by atoms with Crippen molar-refractivity contribution in [3.8, 4) is 5.75 Å². The Balaban J connectivity index is 1.73. The lowest BCUT2D eigenvalue weighted by molar-refractivity contribution is 0.210. The molecule has 0 amide bonds. The predicted octanol–water partition coefficient (Wildman–Crippen LogP) is 5.02. The van der Waals surface area contributed by atoms with Crippen molar-refractivity contribution < 1.29 is 4.74 Å². The van der Waals surface area contributed by atoms with Crippen molar-refractivity contribution in [3.63, 3.8) is 0 Å². The first-order chi connectivity index (χ1) is 10.7. The van der Waals surface area contributed by atoms with E-state index in [-0.39, 0.29) is 5.41 Å². The predicted molar refractivity (Wildman–Crippen MR) is 99.2 cm³/mol. The molecule has 0 fully saturated rings. The van der Waals surface area contributed by atoms with Crippen LogP contribution >= 0.6 is 34.2 Å².